The van der Waals surface area contributed by atoms with Crippen molar-refractivity contribution >= 4 is 34.6 Å². The van der Waals surface area contributed by atoms with Gasteiger partial charge in [-0.3, -0.25) is 24.6 Å². The van der Waals surface area contributed by atoms with Gasteiger partial charge in [-0.05, 0) is 34.7 Å². The maximum atomic E-state index is 13.8. The fraction of sp³-hybridized carbons (Fsp3) is 0.321. The minimum Gasteiger partial charge on any atom is -0.379 e. The molecule has 3 aromatic rings. The van der Waals surface area contributed by atoms with Crippen LogP contribution in [-0.2, 0) is 9.53 Å². The van der Waals surface area contributed by atoms with Crippen LogP contribution in [0.25, 0.3) is 0 Å². The van der Waals surface area contributed by atoms with Crippen molar-refractivity contribution in [2.75, 3.05) is 45.9 Å². The number of nitrogens with zero attached hydrogens (tertiary/aromatic N) is 5. The van der Waals surface area contributed by atoms with Crippen molar-refractivity contribution in [2.45, 2.75) is 12.5 Å². The lowest BCUT2D eigenvalue weighted by atomic mass is 9.98. The van der Waals surface area contributed by atoms with Crippen molar-refractivity contribution in [3.63, 3.8) is 0 Å². The Morgan fingerprint density at radius 1 is 1.12 bits per heavy atom. The van der Waals surface area contributed by atoms with Gasteiger partial charge < -0.3 is 9.64 Å². The molecule has 40 heavy (non-hydrogen) atoms. The van der Waals surface area contributed by atoms with Gasteiger partial charge in [-0.2, -0.15) is 5.10 Å². The first-order valence-electron chi connectivity index (χ1n) is 12.9. The number of non-ortho nitro benzene ring substituents is 1. The van der Waals surface area contributed by atoms with Gasteiger partial charge in [0.15, 0.2) is 0 Å². The van der Waals surface area contributed by atoms with Crippen LogP contribution in [-0.4, -0.2) is 83.2 Å². The van der Waals surface area contributed by atoms with Crippen molar-refractivity contribution in [1.29, 1.82) is 0 Å². The van der Waals surface area contributed by atoms with Gasteiger partial charge in [0.1, 0.15) is 12.4 Å². The molecule has 1 fully saturated rings. The Labute approximate surface area is 234 Å². The highest BCUT2D eigenvalue weighted by Crippen LogP contribution is 2.34. The zero-order chi connectivity index (χ0) is 28.1. The molecule has 0 spiro atoms. The van der Waals surface area contributed by atoms with Crippen LogP contribution in [0.5, 0.6) is 0 Å². The zero-order valence-electron chi connectivity index (χ0n) is 21.6. The van der Waals surface area contributed by atoms with E-state index in [2.05, 4.69) is 10.0 Å². The average molecular weight is 566 g/mol. The normalized spacial score (nSPS) is 17.5. The number of hydrazone groups is 1. The van der Waals surface area contributed by atoms with E-state index in [1.807, 2.05) is 5.38 Å². The van der Waals surface area contributed by atoms with E-state index >= 15 is 0 Å². The topological polar surface area (TPSA) is 109 Å². The molecule has 0 radical (unpaired) electrons. The molecular weight excluding hydrogens is 537 g/mol. The summed E-state index contributed by atoms with van der Waals surface area (Å²) < 4.78 is 19.0. The lowest BCUT2D eigenvalue weighted by Crippen LogP contribution is -2.46. The highest BCUT2D eigenvalue weighted by molar-refractivity contribution is 7.12. The van der Waals surface area contributed by atoms with E-state index in [4.69, 9.17) is 4.74 Å². The summed E-state index contributed by atoms with van der Waals surface area (Å²) >= 11 is 1.31. The number of nitro groups is 1. The van der Waals surface area contributed by atoms with Gasteiger partial charge in [-0.1, -0.05) is 30.3 Å². The van der Waals surface area contributed by atoms with Gasteiger partial charge in [-0.15, -0.1) is 11.3 Å². The number of benzene rings is 2. The molecule has 2 aliphatic heterocycles. The molecule has 2 amide bonds. The first-order valence-corrected chi connectivity index (χ1v) is 13.8. The number of hydrogen-bond donors (Lipinski definition) is 0. The van der Waals surface area contributed by atoms with E-state index < -0.39 is 22.7 Å². The number of carbonyl (C=O) groups is 2. The third-order valence-corrected chi connectivity index (χ3v) is 7.80. The highest BCUT2D eigenvalue weighted by atomic mass is 32.1. The molecule has 0 bridgehead atoms. The number of ether oxygens (including phenoxy) is 1. The molecule has 0 N–H and O–H groups in total. The van der Waals surface area contributed by atoms with Crippen LogP contribution in [0.3, 0.4) is 0 Å². The van der Waals surface area contributed by atoms with Crippen molar-refractivity contribution in [1.82, 2.24) is 14.8 Å². The maximum absolute atomic E-state index is 13.8. The van der Waals surface area contributed by atoms with Crippen LogP contribution < -0.4 is 0 Å². The van der Waals surface area contributed by atoms with E-state index in [-0.39, 0.29) is 24.6 Å². The number of carbonyl (C=O) groups excluding carboxylic acids is 2. The van der Waals surface area contributed by atoms with E-state index in [9.17, 15) is 24.1 Å². The summed E-state index contributed by atoms with van der Waals surface area (Å²) in [7, 11) is 0. The Balaban J connectivity index is 1.42. The van der Waals surface area contributed by atoms with Crippen LogP contribution in [0.2, 0.25) is 0 Å². The second-order valence-electron chi connectivity index (χ2n) is 9.52. The Hall–Kier alpha value is -4.00. The summed E-state index contributed by atoms with van der Waals surface area (Å²) in [4.78, 5) is 42.4. The minimum atomic E-state index is -0.620. The summed E-state index contributed by atoms with van der Waals surface area (Å²) in [5.74, 6) is -1.06. The quantitative estimate of drug-likeness (QED) is 0.287. The van der Waals surface area contributed by atoms with Crippen LogP contribution in [0.4, 0.5) is 10.1 Å². The molecule has 208 valence electrons. The Morgan fingerprint density at radius 2 is 1.90 bits per heavy atom. The number of nitro benzene ring substituents is 1. The molecule has 2 aromatic carbocycles. The van der Waals surface area contributed by atoms with Crippen molar-refractivity contribution in [3.8, 4) is 0 Å². The molecule has 2 aliphatic rings. The first-order chi connectivity index (χ1) is 19.4. The summed E-state index contributed by atoms with van der Waals surface area (Å²) in [6.07, 6.45) is 0.283. The third-order valence-electron chi connectivity index (χ3n) is 6.94. The predicted octanol–water partition coefficient (Wildman–Crippen LogP) is 3.95. The smallest absolute Gasteiger partial charge is 0.269 e. The van der Waals surface area contributed by atoms with E-state index in [1.165, 1.54) is 45.5 Å². The van der Waals surface area contributed by atoms with Gasteiger partial charge in [0.2, 0.25) is 0 Å². The maximum Gasteiger partial charge on any atom is 0.269 e. The fourth-order valence-corrected chi connectivity index (χ4v) is 5.48. The number of morpholine rings is 1. The molecule has 5 rings (SSSR count). The van der Waals surface area contributed by atoms with Crippen LogP contribution >= 0.6 is 11.3 Å². The van der Waals surface area contributed by atoms with Gasteiger partial charge in [0, 0.05) is 44.7 Å². The van der Waals surface area contributed by atoms with Crippen LogP contribution in [0.15, 0.2) is 71.1 Å². The van der Waals surface area contributed by atoms with Gasteiger partial charge >= 0.3 is 0 Å². The SMILES string of the molecule is O=C(c1cccs1)N(CCN1CCOCC1)CC(=O)N1N=C(c2ccc(F)cc2)C[C@@H]1c1cccc([N+](=O)[O-])c1. The minimum absolute atomic E-state index is 0.0971. The molecule has 0 saturated carbocycles. The molecule has 12 heteroatoms. The number of amides is 2. The third kappa shape index (κ3) is 6.41. The summed E-state index contributed by atoms with van der Waals surface area (Å²) in [5.41, 5.74) is 1.65. The van der Waals surface area contributed by atoms with Gasteiger partial charge in [-0.25, -0.2) is 9.40 Å². The number of rotatable bonds is 9. The van der Waals surface area contributed by atoms with E-state index in [0.29, 0.717) is 48.0 Å². The molecule has 10 nitrogen and oxygen atoms in total. The lowest BCUT2D eigenvalue weighted by Gasteiger charge is -2.31. The molecule has 1 saturated heterocycles. The summed E-state index contributed by atoms with van der Waals surface area (Å²) in [6, 6.07) is 14.8. The largest absolute Gasteiger partial charge is 0.379 e. The Bertz CT molecular complexity index is 1390. The molecule has 1 atom stereocenters. The van der Waals surface area contributed by atoms with Crippen LogP contribution in [0.1, 0.15) is 33.3 Å². The molecular formula is C28H28FN5O5S. The average Bonchev–Trinajstić information content (AvgIpc) is 3.67. The second kappa shape index (κ2) is 12.5. The van der Waals surface area contributed by atoms with Crippen LogP contribution in [0, 0.1) is 15.9 Å². The fourth-order valence-electron chi connectivity index (χ4n) is 4.79. The standard InChI is InChI=1S/C28H28FN5O5S/c29-22-8-6-20(7-9-22)24-18-25(21-3-1-4-23(17-21)34(37)38)33(30-24)27(35)19-32(28(36)26-5-2-16-40-26)11-10-31-12-14-39-15-13-31/h1-9,16-17,25H,10-15,18-19H2/t25-/m1/s1. The molecule has 3 heterocycles. The molecule has 0 unspecified atom stereocenters. The van der Waals surface area contributed by atoms with E-state index in [1.54, 1.807) is 36.4 Å². The molecule has 0 aliphatic carbocycles. The monoisotopic (exact) mass is 565 g/mol. The zero-order valence-corrected chi connectivity index (χ0v) is 22.5. The number of halogens is 1. The summed E-state index contributed by atoms with van der Waals surface area (Å²) in [5, 5.41) is 19.2. The van der Waals surface area contributed by atoms with Crippen molar-refractivity contribution in [3.05, 3.63) is 98.0 Å². The summed E-state index contributed by atoms with van der Waals surface area (Å²) in [6.45, 7) is 3.46. The Kier molecular flexibility index (Phi) is 8.58. The number of hydrogen-bond acceptors (Lipinski definition) is 8. The highest BCUT2D eigenvalue weighted by Gasteiger charge is 2.35. The van der Waals surface area contributed by atoms with Crippen molar-refractivity contribution < 1.29 is 23.6 Å². The predicted molar refractivity (Wildman–Crippen MR) is 148 cm³/mol. The second-order valence-corrected chi connectivity index (χ2v) is 10.5. The first kappa shape index (κ1) is 27.6. The van der Waals surface area contributed by atoms with Crippen molar-refractivity contribution in [2.24, 2.45) is 5.10 Å². The Morgan fingerprint density at radius 3 is 2.60 bits per heavy atom. The lowest BCUT2D eigenvalue weighted by molar-refractivity contribution is -0.385. The van der Waals surface area contributed by atoms with Gasteiger partial charge in [0.05, 0.1) is 34.8 Å². The number of thiophene rings is 1. The molecule has 1 aromatic heterocycles. The van der Waals surface area contributed by atoms with Gasteiger partial charge in [0.25, 0.3) is 17.5 Å². The van der Waals surface area contributed by atoms with E-state index in [0.717, 1.165) is 13.1 Å².